The van der Waals surface area contributed by atoms with E-state index in [-0.39, 0.29) is 0 Å². The van der Waals surface area contributed by atoms with Gasteiger partial charge in [-0.3, -0.25) is 4.79 Å². The van der Waals surface area contributed by atoms with Crippen molar-refractivity contribution in [1.82, 2.24) is 0 Å². The Morgan fingerprint density at radius 2 is 1.93 bits per heavy atom. The van der Waals surface area contributed by atoms with E-state index in [1.807, 2.05) is 5.92 Å². The maximum absolute atomic E-state index is 12.8. The summed E-state index contributed by atoms with van der Waals surface area (Å²) in [6.45, 7) is 0. The second-order valence-corrected chi connectivity index (χ2v) is 2.36. The normalized spacial score (nSPS) is 9.07. The van der Waals surface area contributed by atoms with Gasteiger partial charge in [0.1, 0.15) is 5.82 Å². The predicted octanol–water partition coefficient (Wildman–Crippen LogP) is 0.941. The molecule has 0 bridgehead atoms. The standard InChI is InChI=1S/C9H4F3NO/c10-6-3-5(1-2-8(13)14)9(12)7(11)4-6/h3-4H,(H2,13,14). The molecule has 72 valence electrons. The van der Waals surface area contributed by atoms with Gasteiger partial charge >= 0.3 is 0 Å². The smallest absolute Gasteiger partial charge is 0.293 e. The van der Waals surface area contributed by atoms with E-state index in [9.17, 15) is 18.0 Å². The zero-order chi connectivity index (χ0) is 10.7. The van der Waals surface area contributed by atoms with E-state index in [1.165, 1.54) is 0 Å². The lowest BCUT2D eigenvalue weighted by atomic mass is 10.2. The van der Waals surface area contributed by atoms with Gasteiger partial charge in [-0.25, -0.2) is 13.2 Å². The van der Waals surface area contributed by atoms with Gasteiger partial charge in [0, 0.05) is 12.0 Å². The highest BCUT2D eigenvalue weighted by Crippen LogP contribution is 2.12. The number of carbonyl (C=O) groups is 1. The molecule has 0 heterocycles. The summed E-state index contributed by atoms with van der Waals surface area (Å²) in [4.78, 5) is 10.2. The number of carbonyl (C=O) groups excluding carboxylic acids is 1. The first-order valence-corrected chi connectivity index (χ1v) is 3.46. The molecule has 0 radical (unpaired) electrons. The van der Waals surface area contributed by atoms with Gasteiger partial charge in [0.2, 0.25) is 0 Å². The molecule has 1 amide bonds. The van der Waals surface area contributed by atoms with Crippen LogP contribution in [0, 0.1) is 29.3 Å². The van der Waals surface area contributed by atoms with Crippen LogP contribution in [-0.4, -0.2) is 5.91 Å². The van der Waals surface area contributed by atoms with Crippen LogP contribution >= 0.6 is 0 Å². The van der Waals surface area contributed by atoms with Crippen molar-refractivity contribution in [1.29, 1.82) is 0 Å². The molecule has 0 saturated carbocycles. The Bertz CT molecular complexity index is 445. The predicted molar refractivity (Wildman–Crippen MR) is 42.4 cm³/mol. The largest absolute Gasteiger partial charge is 0.359 e. The first kappa shape index (κ1) is 10.1. The molecular formula is C9H4F3NO. The molecule has 0 aliphatic carbocycles. The van der Waals surface area contributed by atoms with Crippen molar-refractivity contribution in [2.24, 2.45) is 5.73 Å². The van der Waals surface area contributed by atoms with Gasteiger partial charge in [0.15, 0.2) is 11.6 Å². The van der Waals surface area contributed by atoms with Gasteiger partial charge < -0.3 is 5.73 Å². The van der Waals surface area contributed by atoms with Crippen molar-refractivity contribution < 1.29 is 18.0 Å². The van der Waals surface area contributed by atoms with Crippen molar-refractivity contribution in [3.8, 4) is 11.8 Å². The Balaban J connectivity index is 3.23. The van der Waals surface area contributed by atoms with Crippen LogP contribution in [0.3, 0.4) is 0 Å². The maximum Gasteiger partial charge on any atom is 0.293 e. The fourth-order valence-corrected chi connectivity index (χ4v) is 0.776. The number of benzene rings is 1. The maximum atomic E-state index is 12.8. The molecule has 0 fully saturated rings. The lowest BCUT2D eigenvalue weighted by Crippen LogP contribution is -2.06. The minimum absolute atomic E-state index is 0.380. The average molecular weight is 199 g/mol. The second-order valence-electron chi connectivity index (χ2n) is 2.36. The van der Waals surface area contributed by atoms with Crippen molar-refractivity contribution in [2.45, 2.75) is 0 Å². The molecule has 1 aromatic carbocycles. The Hall–Kier alpha value is -1.96. The van der Waals surface area contributed by atoms with E-state index in [2.05, 4.69) is 5.73 Å². The minimum Gasteiger partial charge on any atom is -0.359 e. The molecule has 2 N–H and O–H groups in total. The average Bonchev–Trinajstić information content (AvgIpc) is 2.08. The Kier molecular flexibility index (Phi) is 2.77. The van der Waals surface area contributed by atoms with Crippen LogP contribution in [0.25, 0.3) is 0 Å². The SMILES string of the molecule is NC(=O)C#Cc1cc(F)cc(F)c1F. The fraction of sp³-hybridized carbons (Fsp3) is 0. The van der Waals surface area contributed by atoms with E-state index < -0.39 is 28.9 Å². The Labute approximate surface area is 77.5 Å². The summed E-state index contributed by atoms with van der Waals surface area (Å²) in [7, 11) is 0. The monoisotopic (exact) mass is 199 g/mol. The first-order valence-electron chi connectivity index (χ1n) is 3.46. The Morgan fingerprint density at radius 1 is 1.29 bits per heavy atom. The number of hydrogen-bond donors (Lipinski definition) is 1. The fourth-order valence-electron chi connectivity index (χ4n) is 0.776. The van der Waals surface area contributed by atoms with Crippen molar-refractivity contribution in [2.75, 3.05) is 0 Å². The first-order chi connectivity index (χ1) is 6.50. The van der Waals surface area contributed by atoms with Crippen molar-refractivity contribution >= 4 is 5.91 Å². The van der Waals surface area contributed by atoms with Crippen LogP contribution in [0.1, 0.15) is 5.56 Å². The lowest BCUT2D eigenvalue weighted by Gasteiger charge is -1.95. The van der Waals surface area contributed by atoms with Crippen LogP contribution in [0.2, 0.25) is 0 Å². The topological polar surface area (TPSA) is 43.1 Å². The molecule has 0 aliphatic rings. The van der Waals surface area contributed by atoms with E-state index in [0.717, 1.165) is 0 Å². The molecule has 0 saturated heterocycles. The van der Waals surface area contributed by atoms with Crippen LogP contribution in [0.4, 0.5) is 13.2 Å². The molecule has 0 aromatic heterocycles. The summed E-state index contributed by atoms with van der Waals surface area (Å²) in [6, 6.07) is 1.05. The molecule has 0 unspecified atom stereocenters. The number of nitrogens with two attached hydrogens (primary N) is 1. The van der Waals surface area contributed by atoms with Gasteiger partial charge in [0.05, 0.1) is 5.56 Å². The van der Waals surface area contributed by atoms with E-state index in [4.69, 9.17) is 0 Å². The van der Waals surface area contributed by atoms with Gasteiger partial charge in [0.25, 0.3) is 5.91 Å². The summed E-state index contributed by atoms with van der Waals surface area (Å²) >= 11 is 0. The van der Waals surface area contributed by atoms with Gasteiger partial charge in [-0.15, -0.1) is 0 Å². The van der Waals surface area contributed by atoms with Gasteiger partial charge in [-0.2, -0.15) is 0 Å². The van der Waals surface area contributed by atoms with Crippen molar-refractivity contribution in [3.63, 3.8) is 0 Å². The highest BCUT2D eigenvalue weighted by molar-refractivity contribution is 5.92. The summed E-state index contributed by atoms with van der Waals surface area (Å²) in [5.41, 5.74) is 4.10. The van der Waals surface area contributed by atoms with Crippen molar-refractivity contribution in [3.05, 3.63) is 35.1 Å². The molecule has 14 heavy (non-hydrogen) atoms. The molecule has 0 aliphatic heterocycles. The molecule has 1 aromatic rings. The molecular weight excluding hydrogens is 195 g/mol. The summed E-state index contributed by atoms with van der Waals surface area (Å²) in [6.07, 6.45) is 0. The minimum atomic E-state index is -1.36. The van der Waals surface area contributed by atoms with Gasteiger partial charge in [-0.05, 0) is 6.07 Å². The zero-order valence-electron chi connectivity index (χ0n) is 6.77. The third-order valence-corrected chi connectivity index (χ3v) is 1.31. The molecule has 2 nitrogen and oxygen atoms in total. The van der Waals surface area contributed by atoms with E-state index in [0.29, 0.717) is 12.1 Å². The van der Waals surface area contributed by atoms with E-state index in [1.54, 1.807) is 5.92 Å². The Morgan fingerprint density at radius 3 is 2.50 bits per heavy atom. The second kappa shape index (κ2) is 3.83. The van der Waals surface area contributed by atoms with Crippen LogP contribution < -0.4 is 5.73 Å². The van der Waals surface area contributed by atoms with E-state index >= 15 is 0 Å². The molecule has 0 atom stereocenters. The third kappa shape index (κ3) is 2.26. The lowest BCUT2D eigenvalue weighted by molar-refractivity contribution is -0.112. The highest BCUT2D eigenvalue weighted by atomic mass is 19.2. The molecule has 1 rings (SSSR count). The number of rotatable bonds is 0. The summed E-state index contributed by atoms with van der Waals surface area (Å²) in [5, 5.41) is 0. The van der Waals surface area contributed by atoms with Crippen LogP contribution in [0.5, 0.6) is 0 Å². The number of halogens is 3. The molecule has 0 spiro atoms. The number of primary amides is 1. The van der Waals surface area contributed by atoms with Crippen LogP contribution in [0.15, 0.2) is 12.1 Å². The highest BCUT2D eigenvalue weighted by Gasteiger charge is 2.08. The van der Waals surface area contributed by atoms with Crippen LogP contribution in [-0.2, 0) is 4.79 Å². The summed E-state index contributed by atoms with van der Waals surface area (Å²) in [5.74, 6) is -0.960. The quantitative estimate of drug-likeness (QED) is 0.490. The third-order valence-electron chi connectivity index (χ3n) is 1.31. The summed E-state index contributed by atoms with van der Waals surface area (Å²) < 4.78 is 37.9. The number of amides is 1. The zero-order valence-corrected chi connectivity index (χ0v) is 6.77. The molecule has 5 heteroatoms. The van der Waals surface area contributed by atoms with Gasteiger partial charge in [-0.1, -0.05) is 5.92 Å². The number of hydrogen-bond acceptors (Lipinski definition) is 1.